The molecule has 3 rings (SSSR count). The van der Waals surface area contributed by atoms with E-state index in [-0.39, 0.29) is 17.3 Å². The lowest BCUT2D eigenvalue weighted by molar-refractivity contribution is -0.130. The van der Waals surface area contributed by atoms with Gasteiger partial charge in [0, 0.05) is 12.7 Å². The molecule has 1 saturated heterocycles. The van der Waals surface area contributed by atoms with Crippen molar-refractivity contribution in [2.45, 2.75) is 19.4 Å². The first-order valence-electron chi connectivity index (χ1n) is 8.88. The number of rotatable bonds is 7. The summed E-state index contributed by atoms with van der Waals surface area (Å²) < 4.78 is 10.4. The Bertz CT molecular complexity index is 913. The lowest BCUT2D eigenvalue weighted by atomic mass is 10.2. The average Bonchev–Trinajstić information content (AvgIpc) is 3.30. The smallest absolute Gasteiger partial charge is 0.305 e. The van der Waals surface area contributed by atoms with Gasteiger partial charge in [-0.05, 0) is 55.5 Å². The standard InChI is InChI=1S/C19H20N4O5S/c1-3-27-13-8-6-12(7-9-13)20-16(24)11-14-18(26)22(2)19(29)23(14)21-17(25)15-5-4-10-28-15/h4-10,14H,3,11H2,1-2H3,(H,20,24)(H,21,25). The molecule has 2 heterocycles. The van der Waals surface area contributed by atoms with Gasteiger partial charge in [-0.1, -0.05) is 0 Å². The molecule has 1 aliphatic rings. The van der Waals surface area contributed by atoms with Gasteiger partial charge >= 0.3 is 5.91 Å². The molecular weight excluding hydrogens is 396 g/mol. The number of nitrogens with zero attached hydrogens (tertiary/aromatic N) is 2. The van der Waals surface area contributed by atoms with Gasteiger partial charge in [0.15, 0.2) is 10.9 Å². The van der Waals surface area contributed by atoms with E-state index in [1.165, 1.54) is 29.3 Å². The number of amides is 3. The maximum Gasteiger partial charge on any atom is 0.305 e. The molecule has 0 radical (unpaired) electrons. The first kappa shape index (κ1) is 20.3. The summed E-state index contributed by atoms with van der Waals surface area (Å²) in [5, 5.41) is 4.02. The molecule has 1 aliphatic heterocycles. The molecular formula is C19H20N4O5S. The maximum absolute atomic E-state index is 12.5. The summed E-state index contributed by atoms with van der Waals surface area (Å²) in [7, 11) is 1.49. The van der Waals surface area contributed by atoms with E-state index in [4.69, 9.17) is 21.4 Å². The van der Waals surface area contributed by atoms with Crippen molar-refractivity contribution in [2.24, 2.45) is 0 Å². The van der Waals surface area contributed by atoms with Crippen LogP contribution in [0.4, 0.5) is 5.69 Å². The van der Waals surface area contributed by atoms with Gasteiger partial charge in [-0.3, -0.25) is 24.7 Å². The fourth-order valence-electron chi connectivity index (χ4n) is 2.79. The number of furan rings is 1. The van der Waals surface area contributed by atoms with E-state index < -0.39 is 23.8 Å². The molecule has 9 nitrogen and oxygen atoms in total. The third kappa shape index (κ3) is 4.54. The second-order valence-electron chi connectivity index (χ2n) is 6.19. The molecule has 2 N–H and O–H groups in total. The Labute approximate surface area is 172 Å². The van der Waals surface area contributed by atoms with Gasteiger partial charge in [0.25, 0.3) is 5.91 Å². The third-order valence-corrected chi connectivity index (χ3v) is 4.69. The largest absolute Gasteiger partial charge is 0.494 e. The van der Waals surface area contributed by atoms with Gasteiger partial charge in [0.2, 0.25) is 5.91 Å². The molecule has 0 aliphatic carbocycles. The third-order valence-electron chi connectivity index (χ3n) is 4.22. The minimum Gasteiger partial charge on any atom is -0.494 e. The zero-order valence-electron chi connectivity index (χ0n) is 15.9. The van der Waals surface area contributed by atoms with E-state index in [1.807, 2.05) is 6.92 Å². The normalized spacial score (nSPS) is 16.1. The number of hydrazine groups is 1. The molecule has 1 atom stereocenters. The van der Waals surface area contributed by atoms with E-state index in [9.17, 15) is 14.4 Å². The number of likely N-dealkylation sites (N-methyl/N-ethyl adjacent to an activating group) is 1. The maximum atomic E-state index is 12.5. The summed E-state index contributed by atoms with van der Waals surface area (Å²) in [5.74, 6) is -0.612. The molecule has 0 bridgehead atoms. The van der Waals surface area contributed by atoms with Gasteiger partial charge < -0.3 is 14.5 Å². The minimum absolute atomic E-state index is 0.0624. The lowest BCUT2D eigenvalue weighted by Crippen LogP contribution is -2.49. The Morgan fingerprint density at radius 3 is 2.59 bits per heavy atom. The van der Waals surface area contributed by atoms with Crippen LogP contribution in [0.15, 0.2) is 47.1 Å². The summed E-state index contributed by atoms with van der Waals surface area (Å²) in [6.07, 6.45) is 1.16. The number of carbonyl (C=O) groups is 3. The quantitative estimate of drug-likeness (QED) is 0.663. The summed E-state index contributed by atoms with van der Waals surface area (Å²) in [6.45, 7) is 2.43. The highest BCUT2D eigenvalue weighted by Gasteiger charge is 2.43. The highest BCUT2D eigenvalue weighted by atomic mass is 32.1. The molecule has 152 valence electrons. The van der Waals surface area contributed by atoms with Crippen LogP contribution >= 0.6 is 12.2 Å². The van der Waals surface area contributed by atoms with Crippen molar-refractivity contribution < 1.29 is 23.5 Å². The van der Waals surface area contributed by atoms with Crippen LogP contribution in [-0.4, -0.2) is 52.4 Å². The van der Waals surface area contributed by atoms with E-state index in [0.717, 1.165) is 0 Å². The monoisotopic (exact) mass is 416 g/mol. The second-order valence-corrected chi connectivity index (χ2v) is 6.56. The Morgan fingerprint density at radius 1 is 1.24 bits per heavy atom. The van der Waals surface area contributed by atoms with Crippen molar-refractivity contribution in [1.82, 2.24) is 15.3 Å². The van der Waals surface area contributed by atoms with E-state index in [1.54, 1.807) is 30.3 Å². The average molecular weight is 416 g/mol. The fraction of sp³-hybridized carbons (Fsp3) is 0.263. The predicted octanol–water partition coefficient (Wildman–Crippen LogP) is 1.78. The predicted molar refractivity (Wildman–Crippen MR) is 108 cm³/mol. The number of carbonyl (C=O) groups excluding carboxylic acids is 3. The summed E-state index contributed by atoms with van der Waals surface area (Å²) >= 11 is 5.23. The molecule has 2 aromatic rings. The van der Waals surface area contributed by atoms with Gasteiger partial charge in [0.1, 0.15) is 11.8 Å². The van der Waals surface area contributed by atoms with Crippen LogP contribution in [0.5, 0.6) is 5.75 Å². The summed E-state index contributed by atoms with van der Waals surface area (Å²) in [6, 6.07) is 8.95. The van der Waals surface area contributed by atoms with Crippen LogP contribution in [0, 0.1) is 0 Å². The molecule has 10 heteroatoms. The van der Waals surface area contributed by atoms with Crippen molar-refractivity contribution in [3.8, 4) is 5.75 Å². The molecule has 1 fully saturated rings. The van der Waals surface area contributed by atoms with Gasteiger partial charge in [0.05, 0.1) is 19.3 Å². The van der Waals surface area contributed by atoms with Gasteiger partial charge in [-0.25, -0.2) is 5.01 Å². The van der Waals surface area contributed by atoms with Crippen LogP contribution < -0.4 is 15.5 Å². The SMILES string of the molecule is CCOc1ccc(NC(=O)CC2C(=O)N(C)C(=S)N2NC(=O)c2ccco2)cc1. The molecule has 1 aromatic heterocycles. The molecule has 0 saturated carbocycles. The van der Waals surface area contributed by atoms with Crippen molar-refractivity contribution in [3.05, 3.63) is 48.4 Å². The van der Waals surface area contributed by atoms with Crippen LogP contribution in [0.1, 0.15) is 23.9 Å². The Balaban J connectivity index is 1.67. The summed E-state index contributed by atoms with van der Waals surface area (Å²) in [5.41, 5.74) is 3.09. The molecule has 1 aromatic carbocycles. The van der Waals surface area contributed by atoms with Crippen LogP contribution in [0.3, 0.4) is 0 Å². The van der Waals surface area contributed by atoms with E-state index in [2.05, 4.69) is 10.7 Å². The first-order valence-corrected chi connectivity index (χ1v) is 9.29. The highest BCUT2D eigenvalue weighted by molar-refractivity contribution is 7.80. The number of hydrogen-bond acceptors (Lipinski definition) is 6. The van der Waals surface area contributed by atoms with Crippen molar-refractivity contribution in [1.29, 1.82) is 0 Å². The topological polar surface area (TPSA) is 104 Å². The molecule has 29 heavy (non-hydrogen) atoms. The molecule has 3 amide bonds. The first-order chi connectivity index (χ1) is 13.9. The van der Waals surface area contributed by atoms with Gasteiger partial charge in [-0.15, -0.1) is 0 Å². The number of nitrogens with one attached hydrogen (secondary N) is 2. The van der Waals surface area contributed by atoms with Crippen LogP contribution in [0.2, 0.25) is 0 Å². The van der Waals surface area contributed by atoms with E-state index >= 15 is 0 Å². The second kappa shape index (κ2) is 8.74. The van der Waals surface area contributed by atoms with E-state index in [0.29, 0.717) is 18.0 Å². The van der Waals surface area contributed by atoms with Crippen LogP contribution in [-0.2, 0) is 9.59 Å². The van der Waals surface area contributed by atoms with Crippen molar-refractivity contribution in [3.63, 3.8) is 0 Å². The number of ether oxygens (including phenoxy) is 1. The Kier molecular flexibility index (Phi) is 6.13. The van der Waals surface area contributed by atoms with Crippen LogP contribution in [0.25, 0.3) is 0 Å². The highest BCUT2D eigenvalue weighted by Crippen LogP contribution is 2.20. The van der Waals surface area contributed by atoms with Crippen molar-refractivity contribution in [2.75, 3.05) is 19.0 Å². The fourth-order valence-corrected chi connectivity index (χ4v) is 3.05. The Morgan fingerprint density at radius 2 is 1.97 bits per heavy atom. The molecule has 0 spiro atoms. The van der Waals surface area contributed by atoms with Crippen molar-refractivity contribution >= 4 is 40.7 Å². The minimum atomic E-state index is -0.964. The lowest BCUT2D eigenvalue weighted by Gasteiger charge is -2.23. The number of thiocarbonyl (C=S) groups is 1. The van der Waals surface area contributed by atoms with Gasteiger partial charge in [-0.2, -0.15) is 0 Å². The number of anilines is 1. The zero-order valence-corrected chi connectivity index (χ0v) is 16.7. The number of hydrogen-bond donors (Lipinski definition) is 2. The Hall–Kier alpha value is -3.40. The number of benzene rings is 1. The molecule has 1 unspecified atom stereocenters. The summed E-state index contributed by atoms with van der Waals surface area (Å²) in [4.78, 5) is 38.5. The zero-order chi connectivity index (χ0) is 21.0.